The molecule has 0 fully saturated rings. The third-order valence-corrected chi connectivity index (χ3v) is 4.32. The first-order valence-corrected chi connectivity index (χ1v) is 9.16. The fraction of sp³-hybridized carbons (Fsp3) is 0.500. The van der Waals surface area contributed by atoms with Crippen molar-refractivity contribution >= 4 is 22.8 Å². The summed E-state index contributed by atoms with van der Waals surface area (Å²) in [7, 11) is 0. The lowest BCUT2D eigenvalue weighted by Gasteiger charge is -2.24. The molecule has 142 valence electrons. The van der Waals surface area contributed by atoms with Crippen LogP contribution >= 0.6 is 0 Å². The maximum atomic E-state index is 12.1. The van der Waals surface area contributed by atoms with Crippen LogP contribution in [0.3, 0.4) is 0 Å². The van der Waals surface area contributed by atoms with Crippen molar-refractivity contribution in [2.75, 3.05) is 19.6 Å². The summed E-state index contributed by atoms with van der Waals surface area (Å²) in [6.07, 6.45) is 0. The highest BCUT2D eigenvalue weighted by Crippen LogP contribution is 2.25. The van der Waals surface area contributed by atoms with E-state index in [1.165, 1.54) is 0 Å². The summed E-state index contributed by atoms with van der Waals surface area (Å²) in [5.74, 6) is 1.55. The number of rotatable bonds is 7. The van der Waals surface area contributed by atoms with Gasteiger partial charge in [-0.25, -0.2) is 4.99 Å². The van der Waals surface area contributed by atoms with Crippen LogP contribution in [-0.2, 0) is 11.3 Å². The van der Waals surface area contributed by atoms with Gasteiger partial charge in [0, 0.05) is 30.6 Å². The molecular formula is C20H30N4O2. The summed E-state index contributed by atoms with van der Waals surface area (Å²) in [5.41, 5.74) is 1.47. The van der Waals surface area contributed by atoms with E-state index in [1.54, 1.807) is 0 Å². The number of carbonyl (C=O) groups is 1. The number of aryl methyl sites for hydroxylation is 1. The van der Waals surface area contributed by atoms with Crippen LogP contribution in [0.1, 0.15) is 39.0 Å². The summed E-state index contributed by atoms with van der Waals surface area (Å²) in [6.45, 7) is 12.1. The van der Waals surface area contributed by atoms with Gasteiger partial charge in [0.2, 0.25) is 5.91 Å². The Labute approximate surface area is 155 Å². The van der Waals surface area contributed by atoms with Crippen LogP contribution in [0.25, 0.3) is 11.0 Å². The molecule has 3 N–H and O–H groups in total. The summed E-state index contributed by atoms with van der Waals surface area (Å²) >= 11 is 0. The molecule has 2 rings (SSSR count). The van der Waals surface area contributed by atoms with Gasteiger partial charge in [-0.1, -0.05) is 18.2 Å². The number of nitrogens with one attached hydrogen (secondary N) is 3. The molecule has 0 atom stereocenters. The number of amides is 1. The molecule has 0 aliphatic heterocycles. The Morgan fingerprint density at radius 2 is 1.81 bits per heavy atom. The Balaban J connectivity index is 2.08. The number of carbonyl (C=O) groups excluding carboxylic acids is 1. The van der Waals surface area contributed by atoms with Gasteiger partial charge in [0.25, 0.3) is 0 Å². The minimum absolute atomic E-state index is 0.0245. The Kier molecular flexibility index (Phi) is 6.66. The maximum Gasteiger partial charge on any atom is 0.227 e. The molecule has 0 unspecified atom stereocenters. The molecule has 2 aromatic rings. The predicted octanol–water partition coefficient (Wildman–Crippen LogP) is 2.96. The van der Waals surface area contributed by atoms with Gasteiger partial charge in [-0.15, -0.1) is 0 Å². The first kappa shape index (κ1) is 19.8. The van der Waals surface area contributed by atoms with Crippen LogP contribution in [0.15, 0.2) is 33.7 Å². The average Bonchev–Trinajstić information content (AvgIpc) is 2.94. The maximum absolute atomic E-state index is 12.1. The Morgan fingerprint density at radius 1 is 1.12 bits per heavy atom. The van der Waals surface area contributed by atoms with Gasteiger partial charge < -0.3 is 20.4 Å². The third-order valence-electron chi connectivity index (χ3n) is 4.32. The van der Waals surface area contributed by atoms with Gasteiger partial charge in [-0.05, 0) is 40.7 Å². The Morgan fingerprint density at radius 3 is 2.46 bits per heavy atom. The zero-order chi connectivity index (χ0) is 19.2. The topological polar surface area (TPSA) is 78.7 Å². The number of benzene rings is 1. The fourth-order valence-electron chi connectivity index (χ4n) is 2.65. The van der Waals surface area contributed by atoms with Crippen molar-refractivity contribution in [3.63, 3.8) is 0 Å². The number of aliphatic imine (C=N–C) groups is 1. The lowest BCUT2D eigenvalue weighted by atomic mass is 9.92. The summed E-state index contributed by atoms with van der Waals surface area (Å²) in [6, 6.07) is 7.99. The second kappa shape index (κ2) is 8.74. The van der Waals surface area contributed by atoms with Crippen molar-refractivity contribution in [1.29, 1.82) is 0 Å². The molecule has 0 spiro atoms. The second-order valence-corrected chi connectivity index (χ2v) is 6.94. The predicted molar refractivity (Wildman–Crippen MR) is 106 cm³/mol. The zero-order valence-corrected chi connectivity index (χ0v) is 16.4. The molecule has 26 heavy (non-hydrogen) atoms. The number of furan rings is 1. The standard InChI is InChI=1S/C20H30N4O2/c1-6-21-18(25)20(4,5)13-24-19(22-7-2)23-12-17-14(3)15-10-8-9-11-16(15)26-17/h8-11H,6-7,12-13H2,1-5H3,(H,21,25)(H2,22,23,24). The van der Waals surface area contributed by atoms with Crippen LogP contribution in [0.4, 0.5) is 0 Å². The van der Waals surface area contributed by atoms with Gasteiger partial charge >= 0.3 is 0 Å². The van der Waals surface area contributed by atoms with Gasteiger partial charge in [-0.3, -0.25) is 4.79 Å². The molecule has 0 bridgehead atoms. The second-order valence-electron chi connectivity index (χ2n) is 6.94. The number of nitrogens with zero attached hydrogens (tertiary/aromatic N) is 1. The molecule has 1 aromatic carbocycles. The summed E-state index contributed by atoms with van der Waals surface area (Å²) < 4.78 is 5.92. The summed E-state index contributed by atoms with van der Waals surface area (Å²) in [4.78, 5) is 16.7. The number of hydrogen-bond donors (Lipinski definition) is 3. The van der Waals surface area contributed by atoms with E-state index in [0.29, 0.717) is 25.6 Å². The van der Waals surface area contributed by atoms with E-state index in [4.69, 9.17) is 4.42 Å². The quantitative estimate of drug-likeness (QED) is 0.525. The molecule has 6 heteroatoms. The number of hydrogen-bond acceptors (Lipinski definition) is 3. The van der Waals surface area contributed by atoms with Crippen molar-refractivity contribution in [3.8, 4) is 0 Å². The van der Waals surface area contributed by atoms with Gasteiger partial charge in [-0.2, -0.15) is 0 Å². The Hall–Kier alpha value is -2.50. The van der Waals surface area contributed by atoms with Crippen molar-refractivity contribution in [2.45, 2.75) is 41.2 Å². The third kappa shape index (κ3) is 4.77. The van der Waals surface area contributed by atoms with Crippen LogP contribution < -0.4 is 16.0 Å². The van der Waals surface area contributed by atoms with Crippen LogP contribution in [0.2, 0.25) is 0 Å². The molecule has 0 radical (unpaired) electrons. The first-order chi connectivity index (χ1) is 12.4. The van der Waals surface area contributed by atoms with Gasteiger partial charge in [0.15, 0.2) is 5.96 Å². The lowest BCUT2D eigenvalue weighted by molar-refractivity contribution is -0.128. The summed E-state index contributed by atoms with van der Waals surface area (Å²) in [5, 5.41) is 10.5. The van der Waals surface area contributed by atoms with E-state index in [9.17, 15) is 4.79 Å². The highest BCUT2D eigenvalue weighted by atomic mass is 16.3. The van der Waals surface area contributed by atoms with Crippen LogP contribution in [-0.4, -0.2) is 31.5 Å². The van der Waals surface area contributed by atoms with Crippen molar-refractivity contribution < 1.29 is 9.21 Å². The van der Waals surface area contributed by atoms with Gasteiger partial charge in [0.05, 0.1) is 5.41 Å². The van der Waals surface area contributed by atoms with E-state index in [-0.39, 0.29) is 5.91 Å². The molecule has 0 aliphatic carbocycles. The van der Waals surface area contributed by atoms with Crippen LogP contribution in [0, 0.1) is 12.3 Å². The van der Waals surface area contributed by atoms with Gasteiger partial charge in [0.1, 0.15) is 17.9 Å². The highest BCUT2D eigenvalue weighted by molar-refractivity contribution is 5.85. The zero-order valence-electron chi connectivity index (χ0n) is 16.4. The number of guanidine groups is 1. The SMILES string of the molecule is CCNC(=O)C(C)(C)CNC(=NCc1oc2ccccc2c1C)NCC. The van der Waals surface area contributed by atoms with E-state index < -0.39 is 5.41 Å². The average molecular weight is 358 g/mol. The first-order valence-electron chi connectivity index (χ1n) is 9.16. The smallest absolute Gasteiger partial charge is 0.227 e. The van der Waals surface area contributed by atoms with E-state index >= 15 is 0 Å². The van der Waals surface area contributed by atoms with E-state index in [0.717, 1.165) is 28.8 Å². The molecular weight excluding hydrogens is 328 g/mol. The number of fused-ring (bicyclic) bond motifs is 1. The Bertz CT molecular complexity index is 777. The lowest BCUT2D eigenvalue weighted by Crippen LogP contribution is -2.47. The molecule has 1 heterocycles. The largest absolute Gasteiger partial charge is 0.459 e. The number of para-hydroxylation sites is 1. The fourth-order valence-corrected chi connectivity index (χ4v) is 2.65. The minimum atomic E-state index is -0.526. The molecule has 1 aromatic heterocycles. The van der Waals surface area contributed by atoms with E-state index in [1.807, 2.05) is 45.9 Å². The van der Waals surface area contributed by atoms with Crippen molar-refractivity contribution in [3.05, 3.63) is 35.6 Å². The molecule has 0 saturated carbocycles. The van der Waals surface area contributed by atoms with Crippen molar-refractivity contribution in [1.82, 2.24) is 16.0 Å². The van der Waals surface area contributed by atoms with E-state index in [2.05, 4.69) is 33.9 Å². The molecule has 0 aliphatic rings. The highest BCUT2D eigenvalue weighted by Gasteiger charge is 2.27. The molecule has 0 saturated heterocycles. The normalized spacial score (nSPS) is 12.3. The van der Waals surface area contributed by atoms with Crippen LogP contribution in [0.5, 0.6) is 0 Å². The van der Waals surface area contributed by atoms with Crippen molar-refractivity contribution in [2.24, 2.45) is 10.4 Å². The minimum Gasteiger partial charge on any atom is -0.459 e. The monoisotopic (exact) mass is 358 g/mol. The molecule has 1 amide bonds. The molecule has 6 nitrogen and oxygen atoms in total.